The molecule has 0 fully saturated rings. The minimum atomic E-state index is -1.27. The largest absolute Gasteiger partial charge is 0.378 e. The number of hydrogen-bond donors (Lipinski definition) is 2. The van der Waals surface area contributed by atoms with Gasteiger partial charge in [0, 0.05) is 5.56 Å². The Balaban J connectivity index is 2.42. The quantitative estimate of drug-likeness (QED) is 0.816. The standard InChI is InChI=1S/C9H8Cl2N2OS/c10-6-2-1-5(3-7(6)11)9(14)4-15-8(12)13-9/h1-3,14H,4H2,(H2,12,13). The average Bonchev–Trinajstić information content (AvgIpc) is 2.52. The van der Waals surface area contributed by atoms with Crippen LogP contribution in [0.25, 0.3) is 0 Å². The fourth-order valence-electron chi connectivity index (χ4n) is 1.31. The molecule has 0 radical (unpaired) electrons. The first kappa shape index (κ1) is 11.1. The molecule has 80 valence electrons. The van der Waals surface area contributed by atoms with Crippen LogP contribution >= 0.6 is 35.0 Å². The molecule has 0 saturated carbocycles. The SMILES string of the molecule is NC1=NC(O)(c2ccc(Cl)c(Cl)c2)CS1. The van der Waals surface area contributed by atoms with Crippen LogP contribution in [0.1, 0.15) is 5.56 Å². The summed E-state index contributed by atoms with van der Waals surface area (Å²) >= 11 is 13.0. The molecule has 1 unspecified atom stereocenters. The number of aliphatic imine (C=N–C) groups is 1. The number of thioether (sulfide) groups is 1. The highest BCUT2D eigenvalue weighted by atomic mass is 35.5. The van der Waals surface area contributed by atoms with Gasteiger partial charge in [-0.3, -0.25) is 0 Å². The van der Waals surface area contributed by atoms with Crippen molar-refractivity contribution in [2.75, 3.05) is 5.75 Å². The molecule has 2 rings (SSSR count). The van der Waals surface area contributed by atoms with Gasteiger partial charge in [0.2, 0.25) is 0 Å². The summed E-state index contributed by atoms with van der Waals surface area (Å²) in [4.78, 5) is 3.97. The molecule has 3 N–H and O–H groups in total. The Morgan fingerprint density at radius 1 is 1.40 bits per heavy atom. The molecular weight excluding hydrogens is 255 g/mol. The van der Waals surface area contributed by atoms with Gasteiger partial charge in [0.05, 0.1) is 15.8 Å². The molecule has 0 bridgehead atoms. The van der Waals surface area contributed by atoms with Crippen molar-refractivity contribution in [3.8, 4) is 0 Å². The van der Waals surface area contributed by atoms with E-state index in [0.717, 1.165) is 0 Å². The fraction of sp³-hybridized carbons (Fsp3) is 0.222. The molecule has 1 aliphatic rings. The smallest absolute Gasteiger partial charge is 0.194 e. The Morgan fingerprint density at radius 2 is 2.13 bits per heavy atom. The highest BCUT2D eigenvalue weighted by molar-refractivity contribution is 8.14. The van der Waals surface area contributed by atoms with Crippen LogP contribution in [-0.4, -0.2) is 16.0 Å². The highest BCUT2D eigenvalue weighted by Gasteiger charge is 2.34. The molecule has 3 nitrogen and oxygen atoms in total. The van der Waals surface area contributed by atoms with Crippen LogP contribution in [0.3, 0.4) is 0 Å². The van der Waals surface area contributed by atoms with E-state index in [-0.39, 0.29) is 0 Å². The predicted molar refractivity (Wildman–Crippen MR) is 64.4 cm³/mol. The Bertz CT molecular complexity index is 438. The normalized spacial score (nSPS) is 25.4. The molecule has 1 heterocycles. The third kappa shape index (κ3) is 2.08. The number of benzene rings is 1. The van der Waals surface area contributed by atoms with E-state index in [1.165, 1.54) is 11.8 Å². The van der Waals surface area contributed by atoms with Gasteiger partial charge in [-0.1, -0.05) is 41.0 Å². The number of rotatable bonds is 1. The van der Waals surface area contributed by atoms with Crippen LogP contribution < -0.4 is 5.73 Å². The van der Waals surface area contributed by atoms with E-state index in [2.05, 4.69) is 4.99 Å². The van der Waals surface area contributed by atoms with Crippen molar-refractivity contribution in [1.82, 2.24) is 0 Å². The maximum atomic E-state index is 10.2. The van der Waals surface area contributed by atoms with Crippen LogP contribution in [0, 0.1) is 0 Å². The lowest BCUT2D eigenvalue weighted by atomic mass is 10.1. The van der Waals surface area contributed by atoms with Crippen LogP contribution in [0.4, 0.5) is 0 Å². The second-order valence-electron chi connectivity index (χ2n) is 3.18. The molecule has 0 aromatic heterocycles. The van der Waals surface area contributed by atoms with Gasteiger partial charge in [0.1, 0.15) is 0 Å². The zero-order valence-corrected chi connectivity index (χ0v) is 9.90. The Hall–Kier alpha value is -0.420. The van der Waals surface area contributed by atoms with E-state index in [4.69, 9.17) is 28.9 Å². The van der Waals surface area contributed by atoms with E-state index in [9.17, 15) is 5.11 Å². The fourth-order valence-corrected chi connectivity index (χ4v) is 2.41. The molecule has 0 spiro atoms. The lowest BCUT2D eigenvalue weighted by molar-refractivity contribution is 0.0758. The third-order valence-corrected chi connectivity index (χ3v) is 3.77. The maximum absolute atomic E-state index is 10.2. The summed E-state index contributed by atoms with van der Waals surface area (Å²) in [6, 6.07) is 4.93. The van der Waals surface area contributed by atoms with Gasteiger partial charge in [-0.25, -0.2) is 4.99 Å². The number of aliphatic hydroxyl groups is 1. The van der Waals surface area contributed by atoms with Crippen molar-refractivity contribution in [2.24, 2.45) is 10.7 Å². The van der Waals surface area contributed by atoms with Gasteiger partial charge in [-0.05, 0) is 12.1 Å². The molecule has 1 aliphatic heterocycles. The van der Waals surface area contributed by atoms with Gasteiger partial charge in [-0.15, -0.1) is 0 Å². The molecular formula is C9H8Cl2N2OS. The first-order chi connectivity index (χ1) is 7.01. The van der Waals surface area contributed by atoms with Gasteiger partial charge < -0.3 is 10.8 Å². The van der Waals surface area contributed by atoms with E-state index >= 15 is 0 Å². The number of halogens is 2. The van der Waals surface area contributed by atoms with Crippen LogP contribution in [0.2, 0.25) is 10.0 Å². The Labute approximate surface area is 101 Å². The lowest BCUT2D eigenvalue weighted by Crippen LogP contribution is -2.23. The average molecular weight is 263 g/mol. The van der Waals surface area contributed by atoms with E-state index in [1.807, 2.05) is 0 Å². The van der Waals surface area contributed by atoms with Crippen LogP contribution in [-0.2, 0) is 5.72 Å². The Morgan fingerprint density at radius 3 is 2.67 bits per heavy atom. The van der Waals surface area contributed by atoms with E-state index < -0.39 is 5.72 Å². The summed E-state index contributed by atoms with van der Waals surface area (Å²) < 4.78 is 0. The van der Waals surface area contributed by atoms with Crippen molar-refractivity contribution in [3.63, 3.8) is 0 Å². The molecule has 0 saturated heterocycles. The third-order valence-electron chi connectivity index (χ3n) is 2.10. The number of hydrogen-bond acceptors (Lipinski definition) is 4. The minimum absolute atomic E-state index is 0.378. The van der Waals surface area contributed by atoms with Crippen LogP contribution in [0.5, 0.6) is 0 Å². The summed E-state index contributed by atoms with van der Waals surface area (Å²) in [5.74, 6) is 0.400. The van der Waals surface area contributed by atoms with Gasteiger partial charge in [0.15, 0.2) is 10.9 Å². The molecule has 0 aliphatic carbocycles. The Kier molecular flexibility index (Phi) is 2.85. The molecule has 1 atom stereocenters. The highest BCUT2D eigenvalue weighted by Crippen LogP contribution is 2.35. The molecule has 1 aromatic rings. The monoisotopic (exact) mass is 262 g/mol. The van der Waals surface area contributed by atoms with Gasteiger partial charge in [0.25, 0.3) is 0 Å². The summed E-state index contributed by atoms with van der Waals surface area (Å²) in [6.45, 7) is 0. The van der Waals surface area contributed by atoms with Gasteiger partial charge in [-0.2, -0.15) is 0 Å². The molecule has 1 aromatic carbocycles. The lowest BCUT2D eigenvalue weighted by Gasteiger charge is -2.18. The summed E-state index contributed by atoms with van der Waals surface area (Å²) in [6.07, 6.45) is 0. The van der Waals surface area contributed by atoms with Gasteiger partial charge >= 0.3 is 0 Å². The first-order valence-electron chi connectivity index (χ1n) is 4.17. The number of nitrogens with two attached hydrogens (primary N) is 1. The zero-order chi connectivity index (χ0) is 11.1. The molecule has 0 amide bonds. The van der Waals surface area contributed by atoms with Crippen molar-refractivity contribution < 1.29 is 5.11 Å². The summed E-state index contributed by atoms with van der Waals surface area (Å²) in [5.41, 5.74) is 4.84. The van der Waals surface area contributed by atoms with Crippen molar-refractivity contribution in [3.05, 3.63) is 33.8 Å². The van der Waals surface area contributed by atoms with Crippen molar-refractivity contribution in [2.45, 2.75) is 5.72 Å². The molecule has 6 heteroatoms. The van der Waals surface area contributed by atoms with Crippen molar-refractivity contribution in [1.29, 1.82) is 0 Å². The van der Waals surface area contributed by atoms with Crippen molar-refractivity contribution >= 4 is 40.1 Å². The first-order valence-corrected chi connectivity index (χ1v) is 5.91. The summed E-state index contributed by atoms with van der Waals surface area (Å²) in [5, 5.41) is 11.4. The number of nitrogens with zero attached hydrogens (tertiary/aromatic N) is 1. The minimum Gasteiger partial charge on any atom is -0.378 e. The van der Waals surface area contributed by atoms with Crippen LogP contribution in [0.15, 0.2) is 23.2 Å². The second kappa shape index (κ2) is 3.87. The maximum Gasteiger partial charge on any atom is 0.194 e. The summed E-state index contributed by atoms with van der Waals surface area (Å²) in [7, 11) is 0. The topological polar surface area (TPSA) is 58.6 Å². The predicted octanol–water partition coefficient (Wildman–Crippen LogP) is 2.20. The van der Waals surface area contributed by atoms with E-state index in [0.29, 0.717) is 26.5 Å². The molecule has 15 heavy (non-hydrogen) atoms. The second-order valence-corrected chi connectivity index (χ2v) is 4.99. The number of amidine groups is 1. The van der Waals surface area contributed by atoms with E-state index in [1.54, 1.807) is 18.2 Å². The zero-order valence-electron chi connectivity index (χ0n) is 7.58.